The van der Waals surface area contributed by atoms with E-state index in [4.69, 9.17) is 12.2 Å². The van der Waals surface area contributed by atoms with Gasteiger partial charge in [0.15, 0.2) is 10.9 Å². The topological polar surface area (TPSA) is 70.2 Å². The Balaban J connectivity index is 1.68. The fourth-order valence-corrected chi connectivity index (χ4v) is 2.42. The molecule has 0 atom stereocenters. The second kappa shape index (κ2) is 9.68. The number of thiocarbonyl (C=S) groups is 1. The van der Waals surface area contributed by atoms with Crippen LogP contribution in [0.1, 0.15) is 39.9 Å². The number of hydrogen-bond donors (Lipinski definition) is 3. The average Bonchev–Trinajstić information content (AvgIpc) is 2.65. The molecule has 0 heterocycles. The van der Waals surface area contributed by atoms with Gasteiger partial charge in [0.05, 0.1) is 0 Å². The standard InChI is InChI=1S/C20H23N3O2S/c1-14-8-9-17(12-15(14)2)18(24)10-11-19(25)22-23-20(26)21-13-16-6-4-3-5-7-16/h3-9,12H,10-11,13H2,1-2H3,(H,22,25)(H2,21,23,26). The van der Waals surface area contributed by atoms with Gasteiger partial charge in [-0.15, -0.1) is 0 Å². The Bertz CT molecular complexity index is 791. The first-order valence-electron chi connectivity index (χ1n) is 8.43. The van der Waals surface area contributed by atoms with Crippen molar-refractivity contribution in [3.63, 3.8) is 0 Å². The molecule has 0 radical (unpaired) electrons. The zero-order valence-corrected chi connectivity index (χ0v) is 15.8. The maximum atomic E-state index is 12.2. The first kappa shape index (κ1) is 19.6. The molecule has 0 aromatic heterocycles. The highest BCUT2D eigenvalue weighted by Crippen LogP contribution is 2.12. The average molecular weight is 369 g/mol. The van der Waals surface area contributed by atoms with Gasteiger partial charge in [-0.3, -0.25) is 20.4 Å². The van der Waals surface area contributed by atoms with Gasteiger partial charge in [-0.1, -0.05) is 42.5 Å². The van der Waals surface area contributed by atoms with Gasteiger partial charge in [0.25, 0.3) is 0 Å². The Hall–Kier alpha value is -2.73. The minimum absolute atomic E-state index is 0.0481. The summed E-state index contributed by atoms with van der Waals surface area (Å²) in [5.41, 5.74) is 9.07. The molecule has 0 spiro atoms. The molecule has 2 aromatic rings. The van der Waals surface area contributed by atoms with Gasteiger partial charge in [-0.2, -0.15) is 0 Å². The lowest BCUT2D eigenvalue weighted by Crippen LogP contribution is -2.46. The summed E-state index contributed by atoms with van der Waals surface area (Å²) in [5, 5.41) is 3.32. The Morgan fingerprint density at radius 2 is 1.65 bits per heavy atom. The SMILES string of the molecule is Cc1ccc(C(=O)CCC(=O)NNC(=S)NCc2ccccc2)cc1C. The molecule has 0 bridgehead atoms. The van der Waals surface area contributed by atoms with E-state index in [1.165, 1.54) is 0 Å². The summed E-state index contributed by atoms with van der Waals surface area (Å²) in [4.78, 5) is 24.0. The van der Waals surface area contributed by atoms with E-state index in [1.807, 2.05) is 56.3 Å². The first-order valence-corrected chi connectivity index (χ1v) is 8.83. The second-order valence-electron chi connectivity index (χ2n) is 6.06. The zero-order chi connectivity index (χ0) is 18.9. The van der Waals surface area contributed by atoms with Gasteiger partial charge >= 0.3 is 0 Å². The summed E-state index contributed by atoms with van der Waals surface area (Å²) in [7, 11) is 0. The maximum Gasteiger partial charge on any atom is 0.238 e. The van der Waals surface area contributed by atoms with E-state index in [0.717, 1.165) is 16.7 Å². The Labute approximate surface area is 159 Å². The van der Waals surface area contributed by atoms with Gasteiger partial charge in [-0.25, -0.2) is 0 Å². The van der Waals surface area contributed by atoms with Gasteiger partial charge in [0.1, 0.15) is 0 Å². The number of Topliss-reactive ketones (excluding diaryl/α,β-unsaturated/α-hetero) is 1. The molecule has 0 aliphatic carbocycles. The van der Waals surface area contributed by atoms with Gasteiger partial charge in [-0.05, 0) is 48.8 Å². The summed E-state index contributed by atoms with van der Waals surface area (Å²) in [6.45, 7) is 4.53. The van der Waals surface area contributed by atoms with E-state index < -0.39 is 0 Å². The number of ketones is 1. The van der Waals surface area contributed by atoms with E-state index in [-0.39, 0.29) is 24.5 Å². The van der Waals surface area contributed by atoms with Crippen molar-refractivity contribution in [2.75, 3.05) is 0 Å². The monoisotopic (exact) mass is 369 g/mol. The molecule has 0 saturated carbocycles. The van der Waals surface area contributed by atoms with Crippen LogP contribution in [0, 0.1) is 13.8 Å². The van der Waals surface area contributed by atoms with Crippen LogP contribution < -0.4 is 16.2 Å². The number of hydrazine groups is 1. The second-order valence-corrected chi connectivity index (χ2v) is 6.47. The Morgan fingerprint density at radius 1 is 0.923 bits per heavy atom. The van der Waals surface area contributed by atoms with E-state index in [0.29, 0.717) is 17.2 Å². The number of carbonyl (C=O) groups is 2. The van der Waals surface area contributed by atoms with Crippen molar-refractivity contribution in [3.05, 3.63) is 70.8 Å². The molecular formula is C20H23N3O2S. The number of rotatable bonds is 6. The van der Waals surface area contributed by atoms with Crippen molar-refractivity contribution >= 4 is 29.0 Å². The van der Waals surface area contributed by atoms with Gasteiger partial charge < -0.3 is 5.32 Å². The first-order chi connectivity index (χ1) is 12.5. The minimum atomic E-state index is -0.286. The zero-order valence-electron chi connectivity index (χ0n) is 15.0. The predicted octanol–water partition coefficient (Wildman–Crippen LogP) is 2.96. The van der Waals surface area contributed by atoms with Crippen LogP contribution in [0.3, 0.4) is 0 Å². The highest BCUT2D eigenvalue weighted by atomic mass is 32.1. The van der Waals surface area contributed by atoms with Crippen LogP contribution in [0.5, 0.6) is 0 Å². The van der Waals surface area contributed by atoms with Gasteiger partial charge in [0.2, 0.25) is 5.91 Å². The molecule has 26 heavy (non-hydrogen) atoms. The molecule has 0 aliphatic rings. The van der Waals surface area contributed by atoms with Crippen LogP contribution in [0.25, 0.3) is 0 Å². The molecule has 6 heteroatoms. The number of carbonyl (C=O) groups excluding carboxylic acids is 2. The fourth-order valence-electron chi connectivity index (χ4n) is 2.30. The Kier molecular flexibility index (Phi) is 7.29. The van der Waals surface area contributed by atoms with Crippen LogP contribution in [0.2, 0.25) is 0 Å². The molecule has 5 nitrogen and oxygen atoms in total. The summed E-state index contributed by atoms with van der Waals surface area (Å²) in [5.74, 6) is -0.334. The Morgan fingerprint density at radius 3 is 2.35 bits per heavy atom. The summed E-state index contributed by atoms with van der Waals surface area (Å²) >= 11 is 5.11. The normalized spacial score (nSPS) is 10.1. The molecule has 2 rings (SSSR count). The third-order valence-corrected chi connectivity index (χ3v) is 4.27. The smallest absolute Gasteiger partial charge is 0.238 e. The number of amides is 1. The predicted molar refractivity (Wildman–Crippen MR) is 107 cm³/mol. The lowest BCUT2D eigenvalue weighted by Gasteiger charge is -2.11. The number of benzene rings is 2. The summed E-state index contributed by atoms with van der Waals surface area (Å²) < 4.78 is 0. The molecule has 0 unspecified atom stereocenters. The molecule has 0 saturated heterocycles. The molecule has 1 amide bonds. The molecule has 2 aromatic carbocycles. The minimum Gasteiger partial charge on any atom is -0.357 e. The van der Waals surface area contributed by atoms with Crippen molar-refractivity contribution in [2.45, 2.75) is 33.2 Å². The van der Waals surface area contributed by atoms with Crippen molar-refractivity contribution in [2.24, 2.45) is 0 Å². The third-order valence-electron chi connectivity index (χ3n) is 4.02. The highest BCUT2D eigenvalue weighted by Gasteiger charge is 2.10. The summed E-state index contributed by atoms with van der Waals surface area (Å²) in [6, 6.07) is 15.4. The van der Waals surface area contributed by atoms with E-state index in [1.54, 1.807) is 6.07 Å². The molecule has 0 fully saturated rings. The van der Waals surface area contributed by atoms with Crippen molar-refractivity contribution < 1.29 is 9.59 Å². The molecule has 136 valence electrons. The summed E-state index contributed by atoms with van der Waals surface area (Å²) in [6.07, 6.45) is 0.250. The van der Waals surface area contributed by atoms with Crippen molar-refractivity contribution in [1.29, 1.82) is 0 Å². The maximum absolute atomic E-state index is 12.2. The fraction of sp³-hybridized carbons (Fsp3) is 0.250. The van der Waals surface area contributed by atoms with Gasteiger partial charge in [0, 0.05) is 24.9 Å². The van der Waals surface area contributed by atoms with Crippen LogP contribution >= 0.6 is 12.2 Å². The molecule has 3 N–H and O–H groups in total. The lowest BCUT2D eigenvalue weighted by atomic mass is 10.0. The number of nitrogens with one attached hydrogen (secondary N) is 3. The molecular weight excluding hydrogens is 346 g/mol. The highest BCUT2D eigenvalue weighted by molar-refractivity contribution is 7.80. The number of hydrogen-bond acceptors (Lipinski definition) is 3. The quantitative estimate of drug-likeness (QED) is 0.415. The van der Waals surface area contributed by atoms with Crippen molar-refractivity contribution in [1.82, 2.24) is 16.2 Å². The van der Waals surface area contributed by atoms with Crippen LogP contribution in [0.15, 0.2) is 48.5 Å². The third kappa shape index (κ3) is 6.29. The van der Waals surface area contributed by atoms with Crippen LogP contribution in [-0.2, 0) is 11.3 Å². The van der Waals surface area contributed by atoms with Crippen molar-refractivity contribution in [3.8, 4) is 0 Å². The van der Waals surface area contributed by atoms with E-state index >= 15 is 0 Å². The van der Waals surface area contributed by atoms with E-state index in [9.17, 15) is 9.59 Å². The van der Waals surface area contributed by atoms with Crippen LogP contribution in [-0.4, -0.2) is 16.8 Å². The van der Waals surface area contributed by atoms with Crippen LogP contribution in [0.4, 0.5) is 0 Å². The largest absolute Gasteiger partial charge is 0.357 e. The lowest BCUT2D eigenvalue weighted by molar-refractivity contribution is -0.121. The number of aryl methyl sites for hydroxylation is 2. The van der Waals surface area contributed by atoms with E-state index in [2.05, 4.69) is 16.2 Å². The molecule has 0 aliphatic heterocycles.